The van der Waals surface area contributed by atoms with Crippen LogP contribution in [0.1, 0.15) is 39.6 Å². The molecule has 1 aliphatic heterocycles. The Kier molecular flexibility index (Phi) is 5.80. The predicted molar refractivity (Wildman–Crippen MR) is 128 cm³/mol. The van der Waals surface area contributed by atoms with Gasteiger partial charge < -0.3 is 9.72 Å². The van der Waals surface area contributed by atoms with E-state index in [9.17, 15) is 9.59 Å². The number of carbonyl (C=O) groups is 2. The molecule has 0 saturated heterocycles. The predicted octanol–water partition coefficient (Wildman–Crippen LogP) is 5.08. The third-order valence-corrected chi connectivity index (χ3v) is 6.53. The van der Waals surface area contributed by atoms with Crippen molar-refractivity contribution < 1.29 is 14.3 Å². The van der Waals surface area contributed by atoms with Gasteiger partial charge in [0, 0.05) is 41.5 Å². The van der Waals surface area contributed by atoms with E-state index in [1.807, 2.05) is 78.9 Å². The minimum atomic E-state index is -0.476. The largest absolute Gasteiger partial charge is 0.468 e. The molecule has 0 fully saturated rings. The summed E-state index contributed by atoms with van der Waals surface area (Å²) in [6.45, 7) is 0.544. The van der Waals surface area contributed by atoms with Gasteiger partial charge in [-0.1, -0.05) is 78.9 Å². The van der Waals surface area contributed by atoms with Crippen LogP contribution in [0.4, 0.5) is 0 Å². The molecule has 2 atom stereocenters. The number of ether oxygens (including phenoxy) is 1. The molecule has 4 aromatic rings. The number of aromatic nitrogens is 1. The number of methoxy groups -OCH3 is 1. The van der Waals surface area contributed by atoms with Crippen LogP contribution in [0.2, 0.25) is 0 Å². The molecule has 0 saturated carbocycles. The average Bonchev–Trinajstić information content (AvgIpc) is 3.24. The van der Waals surface area contributed by atoms with Gasteiger partial charge in [0.25, 0.3) is 0 Å². The Bertz CT molecular complexity index is 1280. The van der Waals surface area contributed by atoms with Crippen LogP contribution in [0.3, 0.4) is 0 Å². The van der Waals surface area contributed by atoms with E-state index < -0.39 is 6.04 Å². The van der Waals surface area contributed by atoms with E-state index >= 15 is 0 Å². The minimum absolute atomic E-state index is 0.0498. The van der Waals surface area contributed by atoms with Crippen LogP contribution in [0.15, 0.2) is 84.9 Å². The van der Waals surface area contributed by atoms with E-state index in [1.165, 1.54) is 7.11 Å². The number of hydrogen-bond acceptors (Lipinski definition) is 4. The van der Waals surface area contributed by atoms with Gasteiger partial charge in [0.2, 0.25) is 0 Å². The second-order valence-corrected chi connectivity index (χ2v) is 8.47. The Morgan fingerprint density at radius 1 is 0.939 bits per heavy atom. The summed E-state index contributed by atoms with van der Waals surface area (Å²) >= 11 is 0. The van der Waals surface area contributed by atoms with Crippen molar-refractivity contribution in [1.29, 1.82) is 0 Å². The Balaban J connectivity index is 1.62. The summed E-state index contributed by atoms with van der Waals surface area (Å²) in [4.78, 5) is 32.0. The molecule has 166 valence electrons. The van der Waals surface area contributed by atoms with Crippen molar-refractivity contribution in [3.05, 3.63) is 107 Å². The number of nitrogens with one attached hydrogen (secondary N) is 1. The summed E-state index contributed by atoms with van der Waals surface area (Å²) in [7, 11) is 1.43. The second kappa shape index (κ2) is 9.04. The van der Waals surface area contributed by atoms with Crippen LogP contribution in [0, 0.1) is 0 Å². The number of Topliss-reactive ketones (excluding diaryl/α,β-unsaturated/α-hetero) is 1. The molecule has 5 nitrogen and oxygen atoms in total. The van der Waals surface area contributed by atoms with E-state index in [0.717, 1.165) is 27.7 Å². The molecule has 1 aromatic heterocycles. The van der Waals surface area contributed by atoms with Gasteiger partial charge in [0.15, 0.2) is 5.78 Å². The lowest BCUT2D eigenvalue weighted by molar-refractivity contribution is -0.149. The number of para-hydroxylation sites is 1. The maximum absolute atomic E-state index is 13.3. The summed E-state index contributed by atoms with van der Waals surface area (Å²) in [5.41, 5.74) is 4.88. The first-order valence-corrected chi connectivity index (χ1v) is 11.2. The second-order valence-electron chi connectivity index (χ2n) is 8.47. The maximum Gasteiger partial charge on any atom is 0.323 e. The molecule has 0 bridgehead atoms. The molecule has 0 spiro atoms. The number of nitrogens with zero attached hydrogens (tertiary/aromatic N) is 1. The van der Waals surface area contributed by atoms with Crippen molar-refractivity contribution >= 4 is 22.7 Å². The number of rotatable bonds is 6. The number of benzene rings is 3. The number of ketones is 1. The minimum Gasteiger partial charge on any atom is -0.468 e. The van der Waals surface area contributed by atoms with Crippen LogP contribution < -0.4 is 0 Å². The summed E-state index contributed by atoms with van der Waals surface area (Å²) < 4.78 is 5.22. The first kappa shape index (κ1) is 21.2. The Labute approximate surface area is 193 Å². The molecule has 33 heavy (non-hydrogen) atoms. The lowest BCUT2D eigenvalue weighted by Gasteiger charge is -2.40. The molecular formula is C28H26N2O3. The highest BCUT2D eigenvalue weighted by Crippen LogP contribution is 2.40. The van der Waals surface area contributed by atoms with Crippen molar-refractivity contribution in [2.24, 2.45) is 0 Å². The summed E-state index contributed by atoms with van der Waals surface area (Å²) in [6.07, 6.45) is 0.805. The van der Waals surface area contributed by atoms with Gasteiger partial charge in [-0.3, -0.25) is 14.5 Å². The molecule has 3 aromatic carbocycles. The number of carbonyl (C=O) groups excluding carboxylic acids is 2. The number of esters is 1. The standard InChI is InChI=1S/C28H26N2O3/c1-33-28(32)25-16-22-21-14-8-9-15-23(21)29-27(22)24(17-26(31)20-12-6-3-7-13-20)30(25)18-19-10-4-2-5-11-19/h2-15,24-25,29H,16-18H2,1H3/t24-,25-/m0/s1. The zero-order valence-corrected chi connectivity index (χ0v) is 18.5. The summed E-state index contributed by atoms with van der Waals surface area (Å²) in [5.74, 6) is -0.229. The average molecular weight is 439 g/mol. The van der Waals surface area contributed by atoms with Crippen LogP contribution in [0.5, 0.6) is 0 Å². The van der Waals surface area contributed by atoms with Gasteiger partial charge in [-0.2, -0.15) is 0 Å². The van der Waals surface area contributed by atoms with Crippen LogP contribution in [-0.4, -0.2) is 34.8 Å². The monoisotopic (exact) mass is 438 g/mol. The van der Waals surface area contributed by atoms with Crippen molar-refractivity contribution in [3.63, 3.8) is 0 Å². The van der Waals surface area contributed by atoms with Gasteiger partial charge in [-0.05, 0) is 17.2 Å². The lowest BCUT2D eigenvalue weighted by Crippen LogP contribution is -2.48. The van der Waals surface area contributed by atoms with Crippen LogP contribution >= 0.6 is 0 Å². The highest BCUT2D eigenvalue weighted by atomic mass is 16.5. The first-order valence-electron chi connectivity index (χ1n) is 11.2. The molecule has 0 radical (unpaired) electrons. The quantitative estimate of drug-likeness (QED) is 0.337. The summed E-state index contributed by atoms with van der Waals surface area (Å²) in [6, 6.07) is 26.8. The summed E-state index contributed by atoms with van der Waals surface area (Å²) in [5, 5.41) is 1.10. The van der Waals surface area contributed by atoms with Crippen molar-refractivity contribution in [2.45, 2.75) is 31.5 Å². The first-order chi connectivity index (χ1) is 16.2. The Morgan fingerprint density at radius 3 is 2.33 bits per heavy atom. The fraction of sp³-hybridized carbons (Fsp3) is 0.214. The third-order valence-electron chi connectivity index (χ3n) is 6.53. The highest BCUT2D eigenvalue weighted by Gasteiger charge is 2.41. The topological polar surface area (TPSA) is 62.4 Å². The van der Waals surface area contributed by atoms with Gasteiger partial charge in [-0.15, -0.1) is 0 Å². The normalized spacial score (nSPS) is 18.1. The molecular weight excluding hydrogens is 412 g/mol. The third kappa shape index (κ3) is 4.08. The van der Waals surface area contributed by atoms with E-state index in [2.05, 4.69) is 16.0 Å². The highest BCUT2D eigenvalue weighted by molar-refractivity contribution is 5.97. The number of fused-ring (bicyclic) bond motifs is 3. The van der Waals surface area contributed by atoms with E-state index in [0.29, 0.717) is 18.5 Å². The molecule has 5 heteroatoms. The van der Waals surface area contributed by atoms with Crippen molar-refractivity contribution in [2.75, 3.05) is 7.11 Å². The number of aromatic amines is 1. The van der Waals surface area contributed by atoms with Crippen LogP contribution in [0.25, 0.3) is 10.9 Å². The molecule has 0 unspecified atom stereocenters. The fourth-order valence-corrected chi connectivity index (χ4v) is 4.93. The van der Waals surface area contributed by atoms with Crippen molar-refractivity contribution in [1.82, 2.24) is 9.88 Å². The molecule has 0 amide bonds. The maximum atomic E-state index is 13.3. The van der Waals surface area contributed by atoms with Gasteiger partial charge >= 0.3 is 5.97 Å². The Morgan fingerprint density at radius 2 is 1.61 bits per heavy atom. The number of hydrogen-bond donors (Lipinski definition) is 1. The molecule has 0 aliphatic carbocycles. The molecule has 2 heterocycles. The zero-order chi connectivity index (χ0) is 22.8. The lowest BCUT2D eigenvalue weighted by atomic mass is 9.87. The van der Waals surface area contributed by atoms with Gasteiger partial charge in [0.1, 0.15) is 6.04 Å². The Hall–Kier alpha value is -3.70. The number of H-pyrrole nitrogens is 1. The zero-order valence-electron chi connectivity index (χ0n) is 18.5. The van der Waals surface area contributed by atoms with E-state index in [-0.39, 0.29) is 24.2 Å². The van der Waals surface area contributed by atoms with E-state index in [1.54, 1.807) is 0 Å². The van der Waals surface area contributed by atoms with Gasteiger partial charge in [-0.25, -0.2) is 0 Å². The van der Waals surface area contributed by atoms with Crippen molar-refractivity contribution in [3.8, 4) is 0 Å². The smallest absolute Gasteiger partial charge is 0.323 e. The molecule has 5 rings (SSSR count). The molecule has 1 N–H and O–H groups in total. The van der Waals surface area contributed by atoms with E-state index in [4.69, 9.17) is 4.74 Å². The van der Waals surface area contributed by atoms with Crippen LogP contribution in [-0.2, 0) is 22.5 Å². The molecule has 1 aliphatic rings. The SMILES string of the molecule is COC(=O)[C@@H]1Cc2c([nH]c3ccccc23)[C@H](CC(=O)c2ccccc2)N1Cc1ccccc1. The fourth-order valence-electron chi connectivity index (χ4n) is 4.93. The van der Waals surface area contributed by atoms with Gasteiger partial charge in [0.05, 0.1) is 13.2 Å².